The molecule has 2 aliphatic heterocycles. The lowest BCUT2D eigenvalue weighted by Crippen LogP contribution is -2.35. The minimum atomic E-state index is -3.21. The van der Waals surface area contributed by atoms with E-state index in [1.165, 1.54) is 0 Å². The smallest absolute Gasteiger partial charge is 0.260 e. The molecule has 0 atom stereocenters. The van der Waals surface area contributed by atoms with Crippen molar-refractivity contribution in [1.29, 1.82) is 0 Å². The van der Waals surface area contributed by atoms with E-state index in [4.69, 9.17) is 0 Å². The molecule has 0 radical (unpaired) electrons. The van der Waals surface area contributed by atoms with Crippen molar-refractivity contribution in [2.45, 2.75) is 33.6 Å². The van der Waals surface area contributed by atoms with Gasteiger partial charge in [-0.3, -0.25) is 4.31 Å². The fraction of sp³-hybridized carbons (Fsp3) is 0.818. The predicted molar refractivity (Wildman–Crippen MR) is 64.0 cm³/mol. The van der Waals surface area contributed by atoms with Gasteiger partial charge in [-0.2, -0.15) is 12.7 Å². The lowest BCUT2D eigenvalue weighted by molar-refractivity contribution is 0.390. The molecule has 0 amide bonds. The Hall–Kier alpha value is -0.550. The second-order valence-electron chi connectivity index (χ2n) is 5.33. The molecule has 0 spiro atoms. The van der Waals surface area contributed by atoms with Crippen molar-refractivity contribution in [1.82, 2.24) is 8.61 Å². The molecule has 0 saturated carbocycles. The number of hydrogen-bond acceptors (Lipinski definition) is 2. The van der Waals surface area contributed by atoms with E-state index in [-0.39, 0.29) is 5.41 Å². The van der Waals surface area contributed by atoms with E-state index in [2.05, 4.69) is 26.8 Å². The summed E-state index contributed by atoms with van der Waals surface area (Å²) >= 11 is 0. The van der Waals surface area contributed by atoms with Gasteiger partial charge in [-0.15, -0.1) is 0 Å². The van der Waals surface area contributed by atoms with Crippen LogP contribution in [-0.2, 0) is 10.2 Å². The van der Waals surface area contributed by atoms with Crippen molar-refractivity contribution in [3.8, 4) is 0 Å². The third-order valence-electron chi connectivity index (χ3n) is 3.13. The van der Waals surface area contributed by atoms with E-state index in [1.807, 2.05) is 0 Å². The standard InChI is InChI=1S/C11H20N2O2S/c1-4-5-6-12-8-10-7-11(2,3)9-13(10)16(12,14)15/h7H,4-6,8-9H2,1-3H3. The summed E-state index contributed by atoms with van der Waals surface area (Å²) in [7, 11) is -3.21. The molecule has 0 aliphatic carbocycles. The van der Waals surface area contributed by atoms with Gasteiger partial charge in [0.1, 0.15) is 0 Å². The molecular weight excluding hydrogens is 224 g/mol. The van der Waals surface area contributed by atoms with E-state index in [0.29, 0.717) is 19.6 Å². The van der Waals surface area contributed by atoms with Crippen molar-refractivity contribution in [2.75, 3.05) is 19.6 Å². The van der Waals surface area contributed by atoms with Crippen LogP contribution in [0.3, 0.4) is 0 Å². The number of nitrogens with zero attached hydrogens (tertiary/aromatic N) is 2. The SMILES string of the molecule is CCCCN1CC2=CC(C)(C)CN2S1(=O)=O. The summed E-state index contributed by atoms with van der Waals surface area (Å²) in [5.41, 5.74) is 0.945. The van der Waals surface area contributed by atoms with Crippen molar-refractivity contribution in [2.24, 2.45) is 5.41 Å². The molecule has 1 saturated heterocycles. The van der Waals surface area contributed by atoms with Gasteiger partial charge in [-0.1, -0.05) is 33.3 Å². The van der Waals surface area contributed by atoms with Gasteiger partial charge in [0.15, 0.2) is 0 Å². The van der Waals surface area contributed by atoms with Crippen molar-refractivity contribution in [3.63, 3.8) is 0 Å². The molecule has 2 aliphatic rings. The summed E-state index contributed by atoms with van der Waals surface area (Å²) < 4.78 is 27.5. The number of rotatable bonds is 3. The summed E-state index contributed by atoms with van der Waals surface area (Å²) in [6.45, 7) is 8.02. The Labute approximate surface area is 98.1 Å². The molecule has 0 aromatic heterocycles. The first kappa shape index (κ1) is 11.9. The average molecular weight is 244 g/mol. The summed E-state index contributed by atoms with van der Waals surface area (Å²) in [6, 6.07) is 0. The van der Waals surface area contributed by atoms with Gasteiger partial charge in [0.2, 0.25) is 0 Å². The molecule has 5 heteroatoms. The molecule has 0 aromatic rings. The van der Waals surface area contributed by atoms with Gasteiger partial charge in [0.25, 0.3) is 0 Å². The third kappa shape index (κ3) is 1.86. The Morgan fingerprint density at radius 2 is 2.12 bits per heavy atom. The van der Waals surface area contributed by atoms with Crippen LogP contribution in [0.1, 0.15) is 33.6 Å². The maximum Gasteiger partial charge on any atom is 0.304 e. The van der Waals surface area contributed by atoms with Gasteiger partial charge in [-0.05, 0) is 6.42 Å². The molecule has 1 fully saturated rings. The molecule has 0 aromatic carbocycles. The fourth-order valence-electron chi connectivity index (χ4n) is 2.33. The van der Waals surface area contributed by atoms with E-state index in [9.17, 15) is 8.42 Å². The highest BCUT2D eigenvalue weighted by Crippen LogP contribution is 2.38. The third-order valence-corrected chi connectivity index (χ3v) is 5.02. The lowest BCUT2D eigenvalue weighted by atomic mass is 9.96. The second-order valence-corrected chi connectivity index (χ2v) is 7.18. The molecular formula is C11H20N2O2S. The Bertz CT molecular complexity index is 412. The highest BCUT2D eigenvalue weighted by molar-refractivity contribution is 7.87. The van der Waals surface area contributed by atoms with E-state index in [0.717, 1.165) is 18.5 Å². The van der Waals surface area contributed by atoms with Crippen LogP contribution in [0.2, 0.25) is 0 Å². The molecule has 0 bridgehead atoms. The van der Waals surface area contributed by atoms with Crippen molar-refractivity contribution < 1.29 is 8.42 Å². The average Bonchev–Trinajstić information content (AvgIpc) is 2.57. The minimum absolute atomic E-state index is 0.0146. The largest absolute Gasteiger partial charge is 0.304 e. The fourth-order valence-corrected chi connectivity index (χ4v) is 4.16. The highest BCUT2D eigenvalue weighted by Gasteiger charge is 2.45. The first-order valence-corrected chi connectivity index (χ1v) is 7.26. The van der Waals surface area contributed by atoms with E-state index >= 15 is 0 Å². The van der Waals surface area contributed by atoms with Crippen LogP contribution in [0.15, 0.2) is 11.8 Å². The predicted octanol–water partition coefficient (Wildman–Crippen LogP) is 1.57. The summed E-state index contributed by atoms with van der Waals surface area (Å²) in [4.78, 5) is 0. The maximum atomic E-state index is 12.2. The van der Waals surface area contributed by atoms with Crippen LogP contribution in [0.25, 0.3) is 0 Å². The Balaban J connectivity index is 2.20. The minimum Gasteiger partial charge on any atom is -0.260 e. The zero-order valence-corrected chi connectivity index (χ0v) is 11.0. The molecule has 16 heavy (non-hydrogen) atoms. The van der Waals surface area contributed by atoms with Crippen molar-refractivity contribution >= 4 is 10.2 Å². The monoisotopic (exact) mass is 244 g/mol. The van der Waals surface area contributed by atoms with Crippen molar-refractivity contribution in [3.05, 3.63) is 11.8 Å². The maximum absolute atomic E-state index is 12.2. The zero-order chi connectivity index (χ0) is 12.0. The summed E-state index contributed by atoms with van der Waals surface area (Å²) in [5, 5.41) is 0. The molecule has 2 heterocycles. The summed E-state index contributed by atoms with van der Waals surface area (Å²) in [6.07, 6.45) is 4.05. The van der Waals surface area contributed by atoms with E-state index in [1.54, 1.807) is 8.61 Å². The first-order chi connectivity index (χ1) is 7.37. The normalized spacial score (nSPS) is 26.9. The molecule has 4 nitrogen and oxygen atoms in total. The topological polar surface area (TPSA) is 40.6 Å². The van der Waals surface area contributed by atoms with Crippen LogP contribution in [0.5, 0.6) is 0 Å². The molecule has 2 rings (SSSR count). The van der Waals surface area contributed by atoms with Crippen LogP contribution >= 0.6 is 0 Å². The number of fused-ring (bicyclic) bond motifs is 1. The molecule has 0 unspecified atom stereocenters. The van der Waals surface area contributed by atoms with Gasteiger partial charge in [0.05, 0.1) is 6.54 Å². The lowest BCUT2D eigenvalue weighted by Gasteiger charge is -2.22. The zero-order valence-electron chi connectivity index (χ0n) is 10.2. The number of unbranched alkanes of at least 4 members (excludes halogenated alkanes) is 1. The Morgan fingerprint density at radius 1 is 1.44 bits per heavy atom. The van der Waals surface area contributed by atoms with Gasteiger partial charge in [0, 0.05) is 24.2 Å². The van der Waals surface area contributed by atoms with Crippen LogP contribution in [0, 0.1) is 5.41 Å². The van der Waals surface area contributed by atoms with Crippen LogP contribution < -0.4 is 0 Å². The highest BCUT2D eigenvalue weighted by atomic mass is 32.2. The Morgan fingerprint density at radius 3 is 2.69 bits per heavy atom. The second kappa shape index (κ2) is 3.74. The Kier molecular flexibility index (Phi) is 2.78. The van der Waals surface area contributed by atoms with Gasteiger partial charge >= 0.3 is 10.2 Å². The quantitative estimate of drug-likeness (QED) is 0.756. The van der Waals surface area contributed by atoms with Crippen LogP contribution in [-0.4, -0.2) is 36.7 Å². The first-order valence-electron chi connectivity index (χ1n) is 5.86. The molecule has 0 N–H and O–H groups in total. The van der Waals surface area contributed by atoms with Gasteiger partial charge in [-0.25, -0.2) is 0 Å². The number of hydrogen-bond donors (Lipinski definition) is 0. The van der Waals surface area contributed by atoms with Gasteiger partial charge < -0.3 is 0 Å². The molecule has 92 valence electrons. The summed E-state index contributed by atoms with van der Waals surface area (Å²) in [5.74, 6) is 0. The van der Waals surface area contributed by atoms with Crippen LogP contribution in [0.4, 0.5) is 0 Å². The van der Waals surface area contributed by atoms with E-state index < -0.39 is 10.2 Å².